The van der Waals surface area contributed by atoms with Crippen LogP contribution in [0.5, 0.6) is 5.75 Å². The summed E-state index contributed by atoms with van der Waals surface area (Å²) in [6, 6.07) is 2.58. The van der Waals surface area contributed by atoms with Crippen molar-refractivity contribution in [3.63, 3.8) is 0 Å². The lowest BCUT2D eigenvalue weighted by molar-refractivity contribution is 0.0974. The Hall–Kier alpha value is -1.46. The van der Waals surface area contributed by atoms with Gasteiger partial charge in [-0.3, -0.25) is 15.5 Å². The largest absolute Gasteiger partial charge is 0.507 e. The molecule has 0 unspecified atom stereocenters. The number of carbonyl (C=O) groups is 1. The van der Waals surface area contributed by atoms with E-state index < -0.39 is 11.9 Å². The summed E-state index contributed by atoms with van der Waals surface area (Å²) < 4.78 is 0. The van der Waals surface area contributed by atoms with Crippen LogP contribution >= 0.6 is 23.2 Å². The Kier molecular flexibility index (Phi) is 3.39. The van der Waals surface area contributed by atoms with Gasteiger partial charge in [0.25, 0.3) is 5.91 Å². The Labute approximate surface area is 95.3 Å². The van der Waals surface area contributed by atoms with Gasteiger partial charge in [-0.1, -0.05) is 23.2 Å². The summed E-state index contributed by atoms with van der Waals surface area (Å²) in [5, 5.41) is 18.3. The molecule has 7 heteroatoms. The predicted molar refractivity (Wildman–Crippen MR) is 57.5 cm³/mol. The molecule has 5 N–H and O–H groups in total. The third-order valence-electron chi connectivity index (χ3n) is 1.55. The number of benzene rings is 1. The number of hydrogen-bond acceptors (Lipinski definition) is 3. The summed E-state index contributed by atoms with van der Waals surface area (Å²) in [4.78, 5) is 11.4. The normalized spacial score (nSPS) is 9.73. The van der Waals surface area contributed by atoms with Crippen molar-refractivity contribution in [3.8, 4) is 5.75 Å². The molecular formula is C8H7Cl2N3O2. The molecule has 0 heterocycles. The second-order valence-electron chi connectivity index (χ2n) is 2.62. The molecule has 15 heavy (non-hydrogen) atoms. The minimum atomic E-state index is -0.785. The maximum absolute atomic E-state index is 11.4. The van der Waals surface area contributed by atoms with E-state index in [2.05, 4.69) is 0 Å². The van der Waals surface area contributed by atoms with Crippen LogP contribution in [0.2, 0.25) is 10.0 Å². The van der Waals surface area contributed by atoms with E-state index in [0.29, 0.717) is 0 Å². The number of rotatable bonds is 1. The number of carbonyl (C=O) groups excluding carboxylic acids is 1. The molecule has 0 spiro atoms. The minimum Gasteiger partial charge on any atom is -0.507 e. The van der Waals surface area contributed by atoms with Gasteiger partial charge in [0.05, 0.1) is 10.0 Å². The number of nitrogens with two attached hydrogens (primary N) is 1. The summed E-state index contributed by atoms with van der Waals surface area (Å²) in [7, 11) is 0. The maximum atomic E-state index is 11.4. The first-order valence-corrected chi connectivity index (χ1v) is 4.51. The number of guanidine groups is 1. The molecule has 0 fully saturated rings. The van der Waals surface area contributed by atoms with Gasteiger partial charge < -0.3 is 10.8 Å². The lowest BCUT2D eigenvalue weighted by Crippen LogP contribution is -2.35. The van der Waals surface area contributed by atoms with Crippen LogP contribution in [0.25, 0.3) is 0 Å². The summed E-state index contributed by atoms with van der Waals surface area (Å²) in [6.45, 7) is 0. The fourth-order valence-electron chi connectivity index (χ4n) is 0.941. The second kappa shape index (κ2) is 4.37. The van der Waals surface area contributed by atoms with Gasteiger partial charge in [0.15, 0.2) is 5.96 Å². The van der Waals surface area contributed by atoms with E-state index in [1.165, 1.54) is 12.1 Å². The summed E-state index contributed by atoms with van der Waals surface area (Å²) in [5.74, 6) is -1.66. The Morgan fingerprint density at radius 1 is 1.47 bits per heavy atom. The van der Waals surface area contributed by atoms with Crippen LogP contribution in [0.4, 0.5) is 0 Å². The number of amides is 1. The van der Waals surface area contributed by atoms with Crippen LogP contribution in [-0.2, 0) is 0 Å². The van der Waals surface area contributed by atoms with E-state index in [1.807, 2.05) is 5.32 Å². The molecule has 1 aromatic rings. The summed E-state index contributed by atoms with van der Waals surface area (Å²) >= 11 is 11.4. The maximum Gasteiger partial charge on any atom is 0.263 e. The quantitative estimate of drug-likeness (QED) is 0.445. The molecule has 0 radical (unpaired) electrons. The van der Waals surface area contributed by atoms with Gasteiger partial charge >= 0.3 is 0 Å². The van der Waals surface area contributed by atoms with Crippen molar-refractivity contribution in [1.82, 2.24) is 5.32 Å². The number of phenolic OH excluding ortho intramolecular Hbond substituents is 1. The van der Waals surface area contributed by atoms with Crippen LogP contribution < -0.4 is 11.1 Å². The molecule has 80 valence electrons. The molecule has 5 nitrogen and oxygen atoms in total. The minimum absolute atomic E-state index is 0.0876. The van der Waals surface area contributed by atoms with E-state index >= 15 is 0 Å². The molecule has 0 saturated carbocycles. The zero-order valence-electron chi connectivity index (χ0n) is 7.34. The average molecular weight is 248 g/mol. The first kappa shape index (κ1) is 11.6. The summed E-state index contributed by atoms with van der Waals surface area (Å²) in [6.07, 6.45) is 0. The number of phenols is 1. The molecule has 0 aliphatic rings. The fraction of sp³-hybridized carbons (Fsp3) is 0. The third kappa shape index (κ3) is 2.51. The lowest BCUT2D eigenvalue weighted by atomic mass is 10.2. The van der Waals surface area contributed by atoms with Crippen molar-refractivity contribution >= 4 is 35.1 Å². The number of hydrogen-bond donors (Lipinski definition) is 4. The Balaban J connectivity index is 3.18. The topological polar surface area (TPSA) is 99.2 Å². The highest BCUT2D eigenvalue weighted by Gasteiger charge is 2.18. The predicted octanol–water partition coefficient (Wildman–Crippen LogP) is 1.32. The van der Waals surface area contributed by atoms with Gasteiger partial charge in [0.1, 0.15) is 11.3 Å². The van der Waals surface area contributed by atoms with Crippen LogP contribution in [-0.4, -0.2) is 17.0 Å². The molecule has 1 amide bonds. The van der Waals surface area contributed by atoms with E-state index in [4.69, 9.17) is 34.3 Å². The number of nitrogens with one attached hydrogen (secondary N) is 2. The lowest BCUT2D eigenvalue weighted by Gasteiger charge is -2.07. The smallest absolute Gasteiger partial charge is 0.263 e. The van der Waals surface area contributed by atoms with Crippen molar-refractivity contribution in [2.24, 2.45) is 5.73 Å². The van der Waals surface area contributed by atoms with Crippen molar-refractivity contribution in [1.29, 1.82) is 5.41 Å². The van der Waals surface area contributed by atoms with Crippen molar-refractivity contribution in [2.75, 3.05) is 0 Å². The molecule has 1 rings (SSSR count). The van der Waals surface area contributed by atoms with Gasteiger partial charge in [0.2, 0.25) is 0 Å². The Bertz CT molecular complexity index is 434. The molecule has 1 aromatic carbocycles. The van der Waals surface area contributed by atoms with E-state index in [1.54, 1.807) is 0 Å². The molecule has 0 bridgehead atoms. The van der Waals surface area contributed by atoms with Crippen molar-refractivity contribution in [3.05, 3.63) is 27.7 Å². The molecule has 0 aliphatic heterocycles. The van der Waals surface area contributed by atoms with Gasteiger partial charge in [-0.2, -0.15) is 0 Å². The molecule has 0 saturated heterocycles. The zero-order chi connectivity index (χ0) is 11.6. The second-order valence-corrected chi connectivity index (χ2v) is 3.41. The van der Waals surface area contributed by atoms with E-state index in [-0.39, 0.29) is 21.4 Å². The monoisotopic (exact) mass is 247 g/mol. The van der Waals surface area contributed by atoms with Crippen molar-refractivity contribution < 1.29 is 9.90 Å². The zero-order valence-corrected chi connectivity index (χ0v) is 8.86. The first-order valence-electron chi connectivity index (χ1n) is 3.76. The van der Waals surface area contributed by atoms with Crippen LogP contribution in [0.15, 0.2) is 12.1 Å². The first-order chi connectivity index (χ1) is 6.93. The van der Waals surface area contributed by atoms with Gasteiger partial charge in [-0.05, 0) is 12.1 Å². The highest BCUT2D eigenvalue weighted by molar-refractivity contribution is 6.44. The van der Waals surface area contributed by atoms with Gasteiger partial charge in [-0.25, -0.2) is 0 Å². The Morgan fingerprint density at radius 3 is 2.60 bits per heavy atom. The number of halogens is 2. The third-order valence-corrected chi connectivity index (χ3v) is 2.35. The molecule has 0 aliphatic carbocycles. The average Bonchev–Trinajstić information content (AvgIpc) is 2.11. The summed E-state index contributed by atoms with van der Waals surface area (Å²) in [5.41, 5.74) is 4.75. The standard InChI is InChI=1S/C8H7Cl2N3O2/c9-3-1-2-4(14)5(6(3)10)7(15)13-8(11)12/h1-2,14H,(H4,11,12,13,15). The van der Waals surface area contributed by atoms with E-state index in [9.17, 15) is 9.90 Å². The molecular weight excluding hydrogens is 241 g/mol. The molecule has 0 atom stereocenters. The van der Waals surface area contributed by atoms with Crippen LogP contribution in [0.3, 0.4) is 0 Å². The fourth-order valence-corrected chi connectivity index (χ4v) is 1.34. The number of aromatic hydroxyl groups is 1. The highest BCUT2D eigenvalue weighted by atomic mass is 35.5. The van der Waals surface area contributed by atoms with Crippen LogP contribution in [0, 0.1) is 5.41 Å². The highest BCUT2D eigenvalue weighted by Crippen LogP contribution is 2.31. The van der Waals surface area contributed by atoms with Crippen LogP contribution in [0.1, 0.15) is 10.4 Å². The van der Waals surface area contributed by atoms with Crippen molar-refractivity contribution in [2.45, 2.75) is 0 Å². The SMILES string of the molecule is N=C(N)NC(=O)c1c(O)ccc(Cl)c1Cl. The molecule has 0 aromatic heterocycles. The van der Waals surface area contributed by atoms with Gasteiger partial charge in [0, 0.05) is 0 Å². The Morgan fingerprint density at radius 2 is 2.07 bits per heavy atom. The van der Waals surface area contributed by atoms with Gasteiger partial charge in [-0.15, -0.1) is 0 Å². The van der Waals surface area contributed by atoms with E-state index in [0.717, 1.165) is 0 Å².